The predicted octanol–water partition coefficient (Wildman–Crippen LogP) is 1.90. The van der Waals surface area contributed by atoms with Crippen LogP contribution in [0.1, 0.15) is 48.5 Å². The molecule has 3 N–H and O–H groups in total. The number of carbonyl (C=O) groups excluding carboxylic acids is 1. The van der Waals surface area contributed by atoms with Crippen LogP contribution in [0.25, 0.3) is 0 Å². The van der Waals surface area contributed by atoms with Crippen LogP contribution in [0.15, 0.2) is 4.99 Å². The molecule has 0 saturated carbocycles. The van der Waals surface area contributed by atoms with Gasteiger partial charge in [-0.05, 0) is 41.5 Å². The average molecular weight is 506 g/mol. The summed E-state index contributed by atoms with van der Waals surface area (Å²) in [6.07, 6.45) is -0.500. The molecular formula is C16H35IN4O4S. The number of sulfone groups is 1. The number of rotatable bonds is 8. The topological polar surface area (TPSA) is 109 Å². The Hall–Kier alpha value is -0.780. The maximum atomic E-state index is 11.9. The van der Waals surface area contributed by atoms with Crippen molar-refractivity contribution >= 4 is 45.9 Å². The summed E-state index contributed by atoms with van der Waals surface area (Å²) in [7, 11) is -3.03. The second-order valence-corrected chi connectivity index (χ2v) is 9.84. The normalized spacial score (nSPS) is 12.8. The standard InChI is InChI=1S/C16H34N4O4S.HI/c1-8-17-13(18-10-11-25(22,23)9-2)19-12-16(6,7)20-14(21)24-15(3,4)5;/h8-12H2,1-7H3,(H,20,21)(H2,17,18,19);1H. The summed E-state index contributed by atoms with van der Waals surface area (Å²) in [5.74, 6) is 0.677. The van der Waals surface area contributed by atoms with Gasteiger partial charge in [-0.1, -0.05) is 6.92 Å². The molecule has 0 bridgehead atoms. The van der Waals surface area contributed by atoms with E-state index in [0.717, 1.165) is 0 Å². The number of nitrogens with zero attached hydrogens (tertiary/aromatic N) is 1. The molecule has 0 fully saturated rings. The molecule has 0 aliphatic carbocycles. The molecule has 0 unspecified atom stereocenters. The van der Waals surface area contributed by atoms with Crippen LogP contribution >= 0.6 is 24.0 Å². The molecule has 8 nitrogen and oxygen atoms in total. The minimum Gasteiger partial charge on any atom is -0.444 e. The summed E-state index contributed by atoms with van der Waals surface area (Å²) >= 11 is 0. The van der Waals surface area contributed by atoms with Gasteiger partial charge in [0.05, 0.1) is 17.8 Å². The number of amides is 1. The van der Waals surface area contributed by atoms with Gasteiger partial charge in [-0.3, -0.25) is 4.99 Å². The summed E-state index contributed by atoms with van der Waals surface area (Å²) < 4.78 is 28.3. The van der Waals surface area contributed by atoms with Gasteiger partial charge in [0.25, 0.3) is 0 Å². The van der Waals surface area contributed by atoms with Gasteiger partial charge >= 0.3 is 6.09 Å². The second-order valence-electron chi connectivity index (χ2n) is 7.37. The molecule has 0 spiro atoms. The van der Waals surface area contributed by atoms with E-state index in [1.807, 2.05) is 20.8 Å². The van der Waals surface area contributed by atoms with Crippen LogP contribution < -0.4 is 16.0 Å². The lowest BCUT2D eigenvalue weighted by Crippen LogP contribution is -2.49. The van der Waals surface area contributed by atoms with Crippen LogP contribution in [0, 0.1) is 0 Å². The van der Waals surface area contributed by atoms with E-state index >= 15 is 0 Å². The Labute approximate surface area is 175 Å². The summed E-state index contributed by atoms with van der Waals surface area (Å²) in [4.78, 5) is 16.3. The zero-order chi connectivity index (χ0) is 19.7. The van der Waals surface area contributed by atoms with Gasteiger partial charge in [-0.25, -0.2) is 13.2 Å². The van der Waals surface area contributed by atoms with Crippen molar-refractivity contribution in [1.29, 1.82) is 0 Å². The Kier molecular flexibility index (Phi) is 12.5. The molecule has 0 heterocycles. The highest BCUT2D eigenvalue weighted by molar-refractivity contribution is 14.0. The summed E-state index contributed by atoms with van der Waals surface area (Å²) in [5, 5.41) is 8.82. The Morgan fingerprint density at radius 3 is 2.12 bits per heavy atom. The monoisotopic (exact) mass is 506 g/mol. The summed E-state index contributed by atoms with van der Waals surface area (Å²) in [6.45, 7) is 13.9. The molecule has 0 aromatic heterocycles. The van der Waals surface area contributed by atoms with E-state index in [1.165, 1.54) is 0 Å². The van der Waals surface area contributed by atoms with Gasteiger partial charge in [0.1, 0.15) is 5.60 Å². The van der Waals surface area contributed by atoms with Gasteiger partial charge in [0.15, 0.2) is 15.8 Å². The number of carbonyl (C=O) groups is 1. The van der Waals surface area contributed by atoms with E-state index in [-0.39, 0.29) is 42.0 Å². The van der Waals surface area contributed by atoms with E-state index in [1.54, 1.807) is 27.7 Å². The average Bonchev–Trinajstić information content (AvgIpc) is 2.42. The lowest BCUT2D eigenvalue weighted by atomic mass is 10.1. The SMILES string of the molecule is CCNC(=NCC(C)(C)NC(=O)OC(C)(C)C)NCCS(=O)(=O)CC.I. The molecule has 10 heteroatoms. The number of hydrogen-bond acceptors (Lipinski definition) is 5. The number of alkyl carbamates (subject to hydrolysis) is 1. The number of guanidine groups is 1. The first-order valence-electron chi connectivity index (χ1n) is 8.54. The summed E-state index contributed by atoms with van der Waals surface area (Å²) in [5.41, 5.74) is -1.18. The van der Waals surface area contributed by atoms with E-state index < -0.39 is 27.1 Å². The fraction of sp³-hybridized carbons (Fsp3) is 0.875. The van der Waals surface area contributed by atoms with Crippen molar-refractivity contribution in [3.05, 3.63) is 0 Å². The summed E-state index contributed by atoms with van der Waals surface area (Å²) in [6, 6.07) is 0. The number of ether oxygens (including phenoxy) is 1. The van der Waals surface area contributed by atoms with Crippen molar-refractivity contribution in [2.45, 2.75) is 59.6 Å². The minimum atomic E-state index is -3.03. The van der Waals surface area contributed by atoms with E-state index in [4.69, 9.17) is 4.74 Å². The Balaban J connectivity index is 0. The van der Waals surface area contributed by atoms with Crippen LogP contribution in [-0.4, -0.2) is 62.8 Å². The fourth-order valence-electron chi connectivity index (χ4n) is 1.71. The molecule has 26 heavy (non-hydrogen) atoms. The molecule has 1 amide bonds. The second kappa shape index (κ2) is 11.8. The molecule has 0 aliphatic rings. The molecular weight excluding hydrogens is 471 g/mol. The number of hydrogen-bond donors (Lipinski definition) is 3. The van der Waals surface area contributed by atoms with Gasteiger partial charge in [-0.2, -0.15) is 0 Å². The Bertz CT molecular complexity index is 557. The third-order valence-electron chi connectivity index (χ3n) is 2.96. The van der Waals surface area contributed by atoms with Crippen LogP contribution in [0.2, 0.25) is 0 Å². The highest BCUT2D eigenvalue weighted by Crippen LogP contribution is 2.09. The Morgan fingerprint density at radius 2 is 1.65 bits per heavy atom. The van der Waals surface area contributed by atoms with Crippen molar-refractivity contribution in [2.24, 2.45) is 4.99 Å². The van der Waals surface area contributed by atoms with Crippen molar-refractivity contribution < 1.29 is 17.9 Å². The number of aliphatic imine (C=N–C) groups is 1. The van der Waals surface area contributed by atoms with Crippen LogP contribution in [0.5, 0.6) is 0 Å². The molecule has 0 aromatic carbocycles. The van der Waals surface area contributed by atoms with Gasteiger partial charge in [0.2, 0.25) is 0 Å². The van der Waals surface area contributed by atoms with Gasteiger partial charge in [-0.15, -0.1) is 24.0 Å². The zero-order valence-electron chi connectivity index (χ0n) is 16.9. The third kappa shape index (κ3) is 14.4. The van der Waals surface area contributed by atoms with Crippen molar-refractivity contribution in [3.63, 3.8) is 0 Å². The first-order chi connectivity index (χ1) is 11.3. The van der Waals surface area contributed by atoms with E-state index in [0.29, 0.717) is 19.0 Å². The smallest absolute Gasteiger partial charge is 0.408 e. The van der Waals surface area contributed by atoms with Crippen LogP contribution in [0.3, 0.4) is 0 Å². The lowest BCUT2D eigenvalue weighted by Gasteiger charge is -2.27. The highest BCUT2D eigenvalue weighted by atomic mass is 127. The van der Waals surface area contributed by atoms with Crippen molar-refractivity contribution in [1.82, 2.24) is 16.0 Å². The first-order valence-corrected chi connectivity index (χ1v) is 10.4. The molecule has 156 valence electrons. The quantitative estimate of drug-likeness (QED) is 0.264. The fourth-order valence-corrected chi connectivity index (χ4v) is 2.41. The minimum absolute atomic E-state index is 0. The molecule has 0 atom stereocenters. The molecule has 0 saturated heterocycles. The molecule has 0 radical (unpaired) electrons. The van der Waals surface area contributed by atoms with Crippen molar-refractivity contribution in [2.75, 3.05) is 31.1 Å². The molecule has 0 aliphatic heterocycles. The first kappa shape index (κ1) is 27.4. The van der Waals surface area contributed by atoms with Crippen LogP contribution in [0.4, 0.5) is 4.79 Å². The maximum absolute atomic E-state index is 11.9. The highest BCUT2D eigenvalue weighted by Gasteiger charge is 2.24. The van der Waals surface area contributed by atoms with Crippen LogP contribution in [-0.2, 0) is 14.6 Å². The predicted molar refractivity (Wildman–Crippen MR) is 117 cm³/mol. The zero-order valence-corrected chi connectivity index (χ0v) is 20.1. The maximum Gasteiger partial charge on any atom is 0.408 e. The Morgan fingerprint density at radius 1 is 1.08 bits per heavy atom. The lowest BCUT2D eigenvalue weighted by molar-refractivity contribution is 0.0476. The third-order valence-corrected chi connectivity index (χ3v) is 4.67. The number of nitrogens with one attached hydrogen (secondary N) is 3. The largest absolute Gasteiger partial charge is 0.444 e. The van der Waals surface area contributed by atoms with E-state index in [9.17, 15) is 13.2 Å². The van der Waals surface area contributed by atoms with Gasteiger partial charge in [0, 0.05) is 18.8 Å². The van der Waals surface area contributed by atoms with Gasteiger partial charge < -0.3 is 20.7 Å². The number of halogens is 1. The van der Waals surface area contributed by atoms with Crippen molar-refractivity contribution in [3.8, 4) is 0 Å². The van der Waals surface area contributed by atoms with E-state index in [2.05, 4.69) is 20.9 Å². The molecule has 0 aromatic rings. The molecule has 0 rings (SSSR count).